The average molecular weight is 268 g/mol. The molecule has 6 nitrogen and oxygen atoms in total. The van der Waals surface area contributed by atoms with Crippen LogP contribution >= 0.6 is 11.6 Å². The van der Waals surface area contributed by atoms with E-state index in [-0.39, 0.29) is 16.9 Å². The van der Waals surface area contributed by atoms with Crippen LogP contribution in [-0.4, -0.2) is 55.4 Å². The summed E-state index contributed by atoms with van der Waals surface area (Å²) in [6.45, 7) is 0.473. The first kappa shape index (κ1) is 13.4. The Bertz CT molecular complexity index is 406. The lowest BCUT2D eigenvalue weighted by Gasteiger charge is -2.18. The average Bonchev–Trinajstić information content (AvgIpc) is 2.70. The van der Waals surface area contributed by atoms with E-state index in [4.69, 9.17) is 16.3 Å². The normalized spacial score (nSPS) is 14.2. The predicted octanol–water partition coefficient (Wildman–Crippen LogP) is 0.284. The van der Waals surface area contributed by atoms with E-state index in [0.29, 0.717) is 6.61 Å². The van der Waals surface area contributed by atoms with Crippen LogP contribution in [0.5, 0.6) is 0 Å². The summed E-state index contributed by atoms with van der Waals surface area (Å²) in [7, 11) is -0.562. The number of ether oxygens (including phenoxy) is 1. The maximum absolute atomic E-state index is 11.9. The number of imidazole rings is 1. The number of nitrogens with zero attached hydrogens (tertiary/aromatic N) is 2. The van der Waals surface area contributed by atoms with E-state index in [1.165, 1.54) is 26.7 Å². The van der Waals surface area contributed by atoms with Gasteiger partial charge in [0.1, 0.15) is 0 Å². The minimum atomic E-state index is -3.53. The van der Waals surface area contributed by atoms with Crippen LogP contribution in [0.25, 0.3) is 0 Å². The van der Waals surface area contributed by atoms with Gasteiger partial charge in [0.2, 0.25) is 0 Å². The molecule has 0 amide bonds. The van der Waals surface area contributed by atoms with Crippen LogP contribution in [0.15, 0.2) is 17.6 Å². The minimum absolute atomic E-state index is 0.0521. The molecule has 1 heterocycles. The smallest absolute Gasteiger partial charge is 0.259 e. The summed E-state index contributed by atoms with van der Waals surface area (Å²) in [5, 5.41) is -0.330. The zero-order valence-corrected chi connectivity index (χ0v) is 10.6. The standard InChI is InChI=1S/C8H14ClN3O3S/c1-12(4-7(9)5-15-2)16(13,14)8-3-10-6-11-8/h3,6-7H,4-5H2,1-2H3,(H,10,11). The van der Waals surface area contributed by atoms with Gasteiger partial charge in [0.15, 0.2) is 5.03 Å². The first-order valence-corrected chi connectivity index (χ1v) is 6.44. The molecule has 1 atom stereocenters. The summed E-state index contributed by atoms with van der Waals surface area (Å²) >= 11 is 5.89. The third-order valence-electron chi connectivity index (χ3n) is 1.96. The van der Waals surface area contributed by atoms with Crippen LogP contribution in [0.4, 0.5) is 0 Å². The summed E-state index contributed by atoms with van der Waals surface area (Å²) in [6, 6.07) is 0. The molecule has 0 bridgehead atoms. The summed E-state index contributed by atoms with van der Waals surface area (Å²) in [4.78, 5) is 6.22. The van der Waals surface area contributed by atoms with Crippen LogP contribution in [0.2, 0.25) is 0 Å². The number of alkyl halides is 1. The fraction of sp³-hybridized carbons (Fsp3) is 0.625. The van der Waals surface area contributed by atoms with Gasteiger partial charge in [-0.3, -0.25) is 0 Å². The third kappa shape index (κ3) is 3.18. The van der Waals surface area contributed by atoms with Crippen LogP contribution in [0.3, 0.4) is 0 Å². The largest absolute Gasteiger partial charge is 0.383 e. The number of aromatic nitrogens is 2. The number of hydrogen-bond donors (Lipinski definition) is 1. The lowest BCUT2D eigenvalue weighted by Crippen LogP contribution is -2.34. The molecule has 8 heteroatoms. The second kappa shape index (κ2) is 5.62. The number of H-pyrrole nitrogens is 1. The molecule has 0 fully saturated rings. The number of halogens is 1. The minimum Gasteiger partial charge on any atom is -0.383 e. The Morgan fingerprint density at radius 2 is 2.38 bits per heavy atom. The van der Waals surface area contributed by atoms with Crippen molar-refractivity contribution >= 4 is 21.6 Å². The van der Waals surface area contributed by atoms with Gasteiger partial charge >= 0.3 is 0 Å². The second-order valence-corrected chi connectivity index (χ2v) is 5.88. The van der Waals surface area contributed by atoms with Gasteiger partial charge in [-0.1, -0.05) is 0 Å². The maximum atomic E-state index is 11.9. The highest BCUT2D eigenvalue weighted by molar-refractivity contribution is 7.89. The fourth-order valence-corrected chi connectivity index (χ4v) is 2.69. The van der Waals surface area contributed by atoms with E-state index < -0.39 is 10.0 Å². The van der Waals surface area contributed by atoms with Gasteiger partial charge < -0.3 is 9.72 Å². The van der Waals surface area contributed by atoms with Crippen molar-refractivity contribution in [1.82, 2.24) is 14.3 Å². The van der Waals surface area contributed by atoms with E-state index in [1.807, 2.05) is 0 Å². The Hall–Kier alpha value is -0.630. The van der Waals surface area contributed by atoms with Crippen LogP contribution < -0.4 is 0 Å². The molecular weight excluding hydrogens is 254 g/mol. The summed E-state index contributed by atoms with van der Waals surface area (Å²) < 4.78 is 29.8. The molecule has 0 spiro atoms. The summed E-state index contributed by atoms with van der Waals surface area (Å²) in [6.07, 6.45) is 2.57. The topological polar surface area (TPSA) is 75.3 Å². The van der Waals surface area contributed by atoms with E-state index in [2.05, 4.69) is 9.97 Å². The fourth-order valence-electron chi connectivity index (χ4n) is 1.16. The van der Waals surface area contributed by atoms with Crippen molar-refractivity contribution in [1.29, 1.82) is 0 Å². The van der Waals surface area contributed by atoms with Crippen molar-refractivity contribution in [2.24, 2.45) is 0 Å². The quantitative estimate of drug-likeness (QED) is 0.752. The Morgan fingerprint density at radius 1 is 1.69 bits per heavy atom. The first-order valence-electron chi connectivity index (χ1n) is 4.56. The lowest BCUT2D eigenvalue weighted by atomic mass is 10.4. The van der Waals surface area contributed by atoms with E-state index >= 15 is 0 Å². The van der Waals surface area contributed by atoms with E-state index in [9.17, 15) is 8.42 Å². The molecule has 0 aliphatic rings. The molecule has 1 N–H and O–H groups in total. The highest BCUT2D eigenvalue weighted by atomic mass is 35.5. The lowest BCUT2D eigenvalue weighted by molar-refractivity contribution is 0.192. The molecule has 0 aliphatic heterocycles. The zero-order chi connectivity index (χ0) is 12.2. The van der Waals surface area contributed by atoms with Crippen LogP contribution in [0.1, 0.15) is 0 Å². The number of hydrogen-bond acceptors (Lipinski definition) is 4. The van der Waals surface area contributed by atoms with Crippen LogP contribution in [-0.2, 0) is 14.8 Å². The molecule has 0 saturated carbocycles. The molecule has 1 aromatic heterocycles. The van der Waals surface area contributed by atoms with Crippen molar-refractivity contribution in [3.8, 4) is 0 Å². The van der Waals surface area contributed by atoms with Gasteiger partial charge in [-0.15, -0.1) is 11.6 Å². The Morgan fingerprint density at radius 3 is 2.88 bits per heavy atom. The van der Waals surface area contributed by atoms with E-state index in [1.54, 1.807) is 0 Å². The zero-order valence-electron chi connectivity index (χ0n) is 9.05. The highest BCUT2D eigenvalue weighted by Gasteiger charge is 2.24. The molecule has 1 unspecified atom stereocenters. The van der Waals surface area contributed by atoms with Crippen molar-refractivity contribution in [2.45, 2.75) is 10.4 Å². The van der Waals surface area contributed by atoms with Crippen molar-refractivity contribution < 1.29 is 13.2 Å². The Kier molecular flexibility index (Phi) is 4.72. The summed E-state index contributed by atoms with van der Waals surface area (Å²) in [5.74, 6) is 0. The number of sulfonamides is 1. The molecule has 0 aromatic carbocycles. The predicted molar refractivity (Wildman–Crippen MR) is 59.9 cm³/mol. The van der Waals surface area contributed by atoms with Gasteiger partial charge in [0.05, 0.1) is 24.5 Å². The van der Waals surface area contributed by atoms with Crippen molar-refractivity contribution in [3.05, 3.63) is 12.5 Å². The Balaban J connectivity index is 2.70. The highest BCUT2D eigenvalue weighted by Crippen LogP contribution is 2.11. The SMILES string of the molecule is COCC(Cl)CN(C)S(=O)(=O)c1cnc[nH]1. The monoisotopic (exact) mass is 267 g/mol. The van der Waals surface area contributed by atoms with Gasteiger partial charge in [-0.2, -0.15) is 4.31 Å². The number of aromatic amines is 1. The molecule has 1 aromatic rings. The van der Waals surface area contributed by atoms with Gasteiger partial charge in [-0.05, 0) is 0 Å². The Labute approximate surface area is 99.6 Å². The molecule has 0 saturated heterocycles. The van der Waals surface area contributed by atoms with E-state index in [0.717, 1.165) is 4.31 Å². The maximum Gasteiger partial charge on any atom is 0.259 e. The molecule has 1 rings (SSSR count). The number of rotatable bonds is 6. The molecule has 92 valence electrons. The van der Waals surface area contributed by atoms with Crippen LogP contribution in [0, 0.1) is 0 Å². The van der Waals surface area contributed by atoms with Gasteiger partial charge in [0.25, 0.3) is 10.0 Å². The first-order chi connectivity index (χ1) is 7.48. The molecule has 0 radical (unpaired) electrons. The molecular formula is C8H14ClN3O3S. The molecule has 0 aliphatic carbocycles. The number of methoxy groups -OCH3 is 1. The van der Waals surface area contributed by atoms with Crippen molar-refractivity contribution in [2.75, 3.05) is 27.3 Å². The van der Waals surface area contributed by atoms with Gasteiger partial charge in [0, 0.05) is 20.7 Å². The van der Waals surface area contributed by atoms with Crippen molar-refractivity contribution in [3.63, 3.8) is 0 Å². The second-order valence-electron chi connectivity index (χ2n) is 3.25. The third-order valence-corrected chi connectivity index (χ3v) is 3.98. The molecule has 16 heavy (non-hydrogen) atoms. The number of nitrogens with one attached hydrogen (secondary N) is 1. The summed E-state index contributed by atoms with van der Waals surface area (Å²) in [5.41, 5.74) is 0. The van der Waals surface area contributed by atoms with Gasteiger partial charge in [-0.25, -0.2) is 13.4 Å².